The Kier molecular flexibility index (Phi) is 2.53. The molecule has 4 aromatic rings. The van der Waals surface area contributed by atoms with E-state index in [0.717, 1.165) is 0 Å². The fourth-order valence-corrected chi connectivity index (χ4v) is 2.83. The van der Waals surface area contributed by atoms with Crippen molar-refractivity contribution in [2.45, 2.75) is 0 Å². The Morgan fingerprint density at radius 1 is 0.600 bits per heavy atom. The van der Waals surface area contributed by atoms with Gasteiger partial charge in [-0.05, 0) is 38.7 Å². The van der Waals surface area contributed by atoms with Gasteiger partial charge in [0.25, 0.3) is 0 Å². The molecule has 0 saturated carbocycles. The maximum absolute atomic E-state index is 3.42. The molecule has 4 rings (SSSR count). The maximum Gasteiger partial charge on any atom is -0.00203 e. The van der Waals surface area contributed by atoms with Crippen LogP contribution in [0.2, 0.25) is 0 Å². The molecular weight excluding hydrogens is 240 g/mol. The molecule has 1 radical (unpaired) electrons. The third-order valence-electron chi connectivity index (χ3n) is 3.76. The average Bonchev–Trinajstić information content (AvgIpc) is 2.55. The lowest BCUT2D eigenvalue weighted by atomic mass is 9.94. The molecule has 0 amide bonds. The number of benzene rings is 4. The standard InChI is InChI=1S/C20H13/c1-2-7-15(8-3-1)19-12-6-10-17-14-13-16-9-4-5-11-18(16)20(17)19/h1-11,13-14H. The van der Waals surface area contributed by atoms with Gasteiger partial charge in [-0.15, -0.1) is 0 Å². The molecule has 0 unspecified atom stereocenters. The summed E-state index contributed by atoms with van der Waals surface area (Å²) in [6, 6.07) is 31.0. The van der Waals surface area contributed by atoms with Crippen molar-refractivity contribution in [1.29, 1.82) is 0 Å². The maximum atomic E-state index is 3.42. The zero-order valence-electron chi connectivity index (χ0n) is 11.0. The summed E-state index contributed by atoms with van der Waals surface area (Å²) in [7, 11) is 0. The van der Waals surface area contributed by atoms with Gasteiger partial charge in [0.2, 0.25) is 0 Å². The van der Waals surface area contributed by atoms with Crippen molar-refractivity contribution >= 4 is 21.5 Å². The molecule has 0 aliphatic heterocycles. The van der Waals surface area contributed by atoms with Gasteiger partial charge in [0.15, 0.2) is 0 Å². The first-order valence-corrected chi connectivity index (χ1v) is 6.81. The van der Waals surface area contributed by atoms with Crippen molar-refractivity contribution in [3.63, 3.8) is 0 Å². The Balaban J connectivity index is 2.19. The monoisotopic (exact) mass is 253 g/mol. The molecule has 93 valence electrons. The summed E-state index contributed by atoms with van der Waals surface area (Å²) in [4.78, 5) is 0. The molecular formula is C20H13. The highest BCUT2D eigenvalue weighted by Crippen LogP contribution is 2.33. The largest absolute Gasteiger partial charge is 0.0622 e. The molecule has 0 heteroatoms. The second kappa shape index (κ2) is 4.50. The first-order chi connectivity index (χ1) is 9.93. The number of hydrogen-bond acceptors (Lipinski definition) is 0. The molecule has 0 aliphatic carbocycles. The van der Waals surface area contributed by atoms with Crippen LogP contribution in [0.25, 0.3) is 32.7 Å². The van der Waals surface area contributed by atoms with Crippen LogP contribution >= 0.6 is 0 Å². The lowest BCUT2D eigenvalue weighted by Crippen LogP contribution is -1.83. The van der Waals surface area contributed by atoms with E-state index in [2.05, 4.69) is 72.8 Å². The van der Waals surface area contributed by atoms with Crippen LogP contribution in [0.5, 0.6) is 0 Å². The summed E-state index contributed by atoms with van der Waals surface area (Å²) >= 11 is 0. The van der Waals surface area contributed by atoms with Gasteiger partial charge in [-0.2, -0.15) is 0 Å². The van der Waals surface area contributed by atoms with E-state index in [1.807, 2.05) is 12.1 Å². The second-order valence-corrected chi connectivity index (χ2v) is 4.97. The Morgan fingerprint density at radius 3 is 2.25 bits per heavy atom. The molecule has 0 saturated heterocycles. The molecule has 0 N–H and O–H groups in total. The smallest absolute Gasteiger partial charge is 0.00203 e. The minimum absolute atomic E-state index is 1.18. The van der Waals surface area contributed by atoms with Crippen LogP contribution in [0, 0.1) is 6.07 Å². The first kappa shape index (κ1) is 11.2. The summed E-state index contributed by atoms with van der Waals surface area (Å²) in [5, 5.41) is 5.12. The number of rotatable bonds is 1. The van der Waals surface area contributed by atoms with Crippen LogP contribution in [0.4, 0.5) is 0 Å². The van der Waals surface area contributed by atoms with E-state index < -0.39 is 0 Å². The van der Waals surface area contributed by atoms with Gasteiger partial charge >= 0.3 is 0 Å². The van der Waals surface area contributed by atoms with E-state index >= 15 is 0 Å². The fourth-order valence-electron chi connectivity index (χ4n) is 2.83. The van der Waals surface area contributed by atoms with Crippen molar-refractivity contribution in [2.24, 2.45) is 0 Å². The molecule has 0 bridgehead atoms. The predicted octanol–water partition coefficient (Wildman–Crippen LogP) is 5.46. The van der Waals surface area contributed by atoms with Gasteiger partial charge < -0.3 is 0 Å². The molecule has 0 aliphatic rings. The Morgan fingerprint density at radius 2 is 1.35 bits per heavy atom. The van der Waals surface area contributed by atoms with Crippen molar-refractivity contribution in [2.75, 3.05) is 0 Å². The molecule has 20 heavy (non-hydrogen) atoms. The van der Waals surface area contributed by atoms with E-state index in [-0.39, 0.29) is 0 Å². The van der Waals surface area contributed by atoms with Crippen LogP contribution in [-0.4, -0.2) is 0 Å². The second-order valence-electron chi connectivity index (χ2n) is 4.97. The molecule has 0 aromatic heterocycles. The van der Waals surface area contributed by atoms with Gasteiger partial charge in [0.05, 0.1) is 0 Å². The van der Waals surface area contributed by atoms with Crippen LogP contribution in [-0.2, 0) is 0 Å². The van der Waals surface area contributed by atoms with E-state index in [1.54, 1.807) is 0 Å². The Hall–Kier alpha value is -2.60. The summed E-state index contributed by atoms with van der Waals surface area (Å²) in [5.41, 5.74) is 2.40. The minimum atomic E-state index is 1.18. The third-order valence-corrected chi connectivity index (χ3v) is 3.76. The van der Waals surface area contributed by atoms with Gasteiger partial charge in [-0.3, -0.25) is 0 Å². The summed E-state index contributed by atoms with van der Waals surface area (Å²) < 4.78 is 0. The molecule has 0 spiro atoms. The molecule has 0 fully saturated rings. The highest BCUT2D eigenvalue weighted by molar-refractivity contribution is 6.14. The molecule has 0 atom stereocenters. The predicted molar refractivity (Wildman–Crippen MR) is 85.7 cm³/mol. The van der Waals surface area contributed by atoms with E-state index in [1.165, 1.54) is 32.7 Å². The van der Waals surface area contributed by atoms with Gasteiger partial charge in [0.1, 0.15) is 0 Å². The molecule has 0 nitrogen and oxygen atoms in total. The average molecular weight is 253 g/mol. The Labute approximate surface area is 118 Å². The SMILES string of the molecule is [c]1ccc2ccc3ccccc3c2c1-c1ccccc1. The van der Waals surface area contributed by atoms with E-state index in [4.69, 9.17) is 0 Å². The highest BCUT2D eigenvalue weighted by atomic mass is 14.1. The quantitative estimate of drug-likeness (QED) is 0.395. The van der Waals surface area contributed by atoms with Gasteiger partial charge in [-0.1, -0.05) is 78.9 Å². The van der Waals surface area contributed by atoms with Crippen molar-refractivity contribution in [3.05, 3.63) is 84.9 Å². The number of fused-ring (bicyclic) bond motifs is 3. The highest BCUT2D eigenvalue weighted by Gasteiger charge is 2.07. The van der Waals surface area contributed by atoms with Crippen LogP contribution in [0.3, 0.4) is 0 Å². The van der Waals surface area contributed by atoms with Crippen LogP contribution in [0.15, 0.2) is 78.9 Å². The zero-order chi connectivity index (χ0) is 13.4. The zero-order valence-corrected chi connectivity index (χ0v) is 11.0. The van der Waals surface area contributed by atoms with E-state index in [0.29, 0.717) is 0 Å². The van der Waals surface area contributed by atoms with Crippen LogP contribution in [0.1, 0.15) is 0 Å². The summed E-state index contributed by atoms with van der Waals surface area (Å²) in [6.45, 7) is 0. The van der Waals surface area contributed by atoms with Gasteiger partial charge in [0, 0.05) is 0 Å². The number of hydrogen-bond donors (Lipinski definition) is 0. The van der Waals surface area contributed by atoms with E-state index in [9.17, 15) is 0 Å². The summed E-state index contributed by atoms with van der Waals surface area (Å²) in [5.74, 6) is 0. The van der Waals surface area contributed by atoms with Crippen LogP contribution < -0.4 is 0 Å². The topological polar surface area (TPSA) is 0 Å². The molecule has 4 aromatic carbocycles. The lowest BCUT2D eigenvalue weighted by molar-refractivity contribution is 1.65. The normalized spacial score (nSPS) is 11.0. The first-order valence-electron chi connectivity index (χ1n) is 6.81. The minimum Gasteiger partial charge on any atom is -0.0622 e. The van der Waals surface area contributed by atoms with Gasteiger partial charge in [-0.25, -0.2) is 0 Å². The fraction of sp³-hybridized carbons (Fsp3) is 0. The summed E-state index contributed by atoms with van der Waals surface area (Å²) in [6.07, 6.45) is 0. The van der Waals surface area contributed by atoms with Crippen molar-refractivity contribution in [3.8, 4) is 11.1 Å². The van der Waals surface area contributed by atoms with Crippen molar-refractivity contribution in [1.82, 2.24) is 0 Å². The third kappa shape index (κ3) is 1.70. The molecule has 0 heterocycles. The van der Waals surface area contributed by atoms with Crippen molar-refractivity contribution < 1.29 is 0 Å². The Bertz CT molecular complexity index is 889. The lowest BCUT2D eigenvalue weighted by Gasteiger charge is -2.09.